The van der Waals surface area contributed by atoms with Gasteiger partial charge in [-0.2, -0.15) is 0 Å². The zero-order valence-corrected chi connectivity index (χ0v) is 16.8. The maximum atomic E-state index is 15.1. The molecule has 3 unspecified atom stereocenters. The SMILES string of the molecule is CC1OCCC(O)C1c1cccc(Sc2ccc3c(c2F)CCC(=O)N3C)c1. The van der Waals surface area contributed by atoms with E-state index in [9.17, 15) is 9.90 Å². The van der Waals surface area contributed by atoms with E-state index in [1.807, 2.05) is 37.3 Å². The summed E-state index contributed by atoms with van der Waals surface area (Å²) in [5.74, 6) is -0.314. The van der Waals surface area contributed by atoms with E-state index >= 15 is 4.39 Å². The van der Waals surface area contributed by atoms with Gasteiger partial charge in [-0.3, -0.25) is 4.79 Å². The summed E-state index contributed by atoms with van der Waals surface area (Å²) in [5, 5.41) is 10.4. The van der Waals surface area contributed by atoms with E-state index in [4.69, 9.17) is 4.74 Å². The molecule has 148 valence electrons. The number of carbonyl (C=O) groups excluding carboxylic acids is 1. The van der Waals surface area contributed by atoms with Crippen molar-refractivity contribution in [2.24, 2.45) is 0 Å². The van der Waals surface area contributed by atoms with E-state index in [1.54, 1.807) is 13.1 Å². The van der Waals surface area contributed by atoms with Crippen LogP contribution in [0, 0.1) is 5.82 Å². The van der Waals surface area contributed by atoms with Crippen LogP contribution in [-0.2, 0) is 16.0 Å². The zero-order valence-electron chi connectivity index (χ0n) is 16.0. The number of amides is 1. The number of hydrogen-bond acceptors (Lipinski definition) is 4. The molecule has 2 aromatic carbocycles. The number of carbonyl (C=O) groups is 1. The largest absolute Gasteiger partial charge is 0.392 e. The van der Waals surface area contributed by atoms with Crippen LogP contribution in [0.4, 0.5) is 10.1 Å². The summed E-state index contributed by atoms with van der Waals surface area (Å²) in [5.41, 5.74) is 2.27. The van der Waals surface area contributed by atoms with Crippen LogP contribution >= 0.6 is 11.8 Å². The third kappa shape index (κ3) is 3.56. The van der Waals surface area contributed by atoms with Crippen LogP contribution < -0.4 is 4.90 Å². The van der Waals surface area contributed by atoms with Gasteiger partial charge < -0.3 is 14.7 Å². The third-order valence-corrected chi connectivity index (χ3v) is 6.72. The van der Waals surface area contributed by atoms with Crippen molar-refractivity contribution in [2.45, 2.75) is 54.1 Å². The number of benzene rings is 2. The number of ether oxygens (including phenoxy) is 1. The first-order valence-electron chi connectivity index (χ1n) is 9.61. The van der Waals surface area contributed by atoms with Crippen molar-refractivity contribution in [3.8, 4) is 0 Å². The second-order valence-corrected chi connectivity index (χ2v) is 8.58. The number of aliphatic hydroxyl groups is 1. The van der Waals surface area contributed by atoms with Crippen molar-refractivity contribution in [1.82, 2.24) is 0 Å². The van der Waals surface area contributed by atoms with E-state index in [-0.39, 0.29) is 23.7 Å². The summed E-state index contributed by atoms with van der Waals surface area (Å²) in [6, 6.07) is 11.5. The van der Waals surface area contributed by atoms with Gasteiger partial charge in [0.05, 0.1) is 12.2 Å². The molecule has 1 N–H and O–H groups in total. The first-order chi connectivity index (χ1) is 13.5. The minimum Gasteiger partial charge on any atom is -0.392 e. The van der Waals surface area contributed by atoms with Gasteiger partial charge in [0.25, 0.3) is 0 Å². The molecule has 0 spiro atoms. The second-order valence-electron chi connectivity index (χ2n) is 7.46. The highest BCUT2D eigenvalue weighted by Gasteiger charge is 2.31. The Kier molecular flexibility index (Phi) is 5.45. The van der Waals surface area contributed by atoms with Crippen LogP contribution in [0.3, 0.4) is 0 Å². The molecule has 0 aromatic heterocycles. The molecule has 0 radical (unpaired) electrons. The Bertz CT molecular complexity index is 893. The van der Waals surface area contributed by atoms with Crippen molar-refractivity contribution < 1.29 is 19.0 Å². The van der Waals surface area contributed by atoms with Gasteiger partial charge >= 0.3 is 0 Å². The summed E-state index contributed by atoms with van der Waals surface area (Å²) in [6.45, 7) is 2.55. The maximum absolute atomic E-state index is 15.1. The van der Waals surface area contributed by atoms with Crippen LogP contribution in [0.15, 0.2) is 46.2 Å². The maximum Gasteiger partial charge on any atom is 0.227 e. The Morgan fingerprint density at radius 2 is 2.07 bits per heavy atom. The highest BCUT2D eigenvalue weighted by atomic mass is 32.2. The van der Waals surface area contributed by atoms with Gasteiger partial charge in [-0.1, -0.05) is 23.9 Å². The van der Waals surface area contributed by atoms with Gasteiger partial charge in [0, 0.05) is 47.0 Å². The van der Waals surface area contributed by atoms with E-state index < -0.39 is 6.10 Å². The fourth-order valence-corrected chi connectivity index (χ4v) is 5.08. The smallest absolute Gasteiger partial charge is 0.227 e. The molecule has 4 nitrogen and oxygen atoms in total. The van der Waals surface area contributed by atoms with Gasteiger partial charge in [-0.25, -0.2) is 4.39 Å². The highest BCUT2D eigenvalue weighted by molar-refractivity contribution is 7.99. The van der Waals surface area contributed by atoms with Crippen molar-refractivity contribution in [2.75, 3.05) is 18.6 Å². The van der Waals surface area contributed by atoms with Crippen LogP contribution in [0.1, 0.15) is 36.8 Å². The number of hydrogen-bond donors (Lipinski definition) is 1. The molecule has 4 rings (SSSR count). The molecule has 28 heavy (non-hydrogen) atoms. The van der Waals surface area contributed by atoms with E-state index in [0.717, 1.165) is 10.5 Å². The fourth-order valence-electron chi connectivity index (χ4n) is 4.13. The predicted molar refractivity (Wildman–Crippen MR) is 107 cm³/mol. The number of nitrogens with zero attached hydrogens (tertiary/aromatic N) is 1. The normalized spacial score (nSPS) is 24.9. The second kappa shape index (κ2) is 7.85. The van der Waals surface area contributed by atoms with Gasteiger partial charge in [0.15, 0.2) is 0 Å². The van der Waals surface area contributed by atoms with Crippen molar-refractivity contribution in [3.05, 3.63) is 53.3 Å². The fraction of sp³-hybridized carbons (Fsp3) is 0.409. The van der Waals surface area contributed by atoms with Crippen LogP contribution in [0.5, 0.6) is 0 Å². The Morgan fingerprint density at radius 1 is 1.25 bits per heavy atom. The Hall–Kier alpha value is -1.89. The van der Waals surface area contributed by atoms with Crippen LogP contribution in [0.2, 0.25) is 0 Å². The standard InChI is InChI=1S/C22H24FNO3S/c1-13-21(18(25)10-11-27-13)14-4-3-5-15(12-14)28-19-8-7-17-16(22(19)23)6-9-20(26)24(17)2/h3-5,7-8,12-13,18,21,25H,6,9-11H2,1-2H3. The topological polar surface area (TPSA) is 49.8 Å². The van der Waals surface area contributed by atoms with Gasteiger partial charge in [0.1, 0.15) is 5.82 Å². The summed E-state index contributed by atoms with van der Waals surface area (Å²) >= 11 is 1.37. The van der Waals surface area contributed by atoms with E-state index in [0.29, 0.717) is 42.0 Å². The van der Waals surface area contributed by atoms with Crippen LogP contribution in [-0.4, -0.2) is 36.9 Å². The Morgan fingerprint density at radius 3 is 2.86 bits per heavy atom. The number of aliphatic hydroxyl groups excluding tert-OH is 1. The average molecular weight is 402 g/mol. The molecular formula is C22H24FNO3S. The lowest BCUT2D eigenvalue weighted by Crippen LogP contribution is -2.36. The quantitative estimate of drug-likeness (QED) is 0.840. The Balaban J connectivity index is 1.61. The molecule has 2 heterocycles. The monoisotopic (exact) mass is 401 g/mol. The lowest BCUT2D eigenvalue weighted by Gasteiger charge is -2.34. The summed E-state index contributed by atoms with van der Waals surface area (Å²) in [6.07, 6.45) is 0.900. The lowest BCUT2D eigenvalue weighted by molar-refractivity contribution is -0.118. The number of halogens is 1. The number of anilines is 1. The lowest BCUT2D eigenvalue weighted by atomic mass is 9.86. The molecule has 6 heteroatoms. The molecular weight excluding hydrogens is 377 g/mol. The molecule has 0 aliphatic carbocycles. The molecule has 1 saturated heterocycles. The van der Waals surface area contributed by atoms with Crippen molar-refractivity contribution in [3.63, 3.8) is 0 Å². The Labute approximate surface area is 168 Å². The minimum atomic E-state index is -0.433. The molecule has 2 aliphatic rings. The van der Waals surface area contributed by atoms with Crippen molar-refractivity contribution >= 4 is 23.4 Å². The molecule has 1 amide bonds. The van der Waals surface area contributed by atoms with Crippen LogP contribution in [0.25, 0.3) is 0 Å². The number of fused-ring (bicyclic) bond motifs is 1. The molecule has 0 bridgehead atoms. The average Bonchev–Trinajstić information content (AvgIpc) is 2.67. The first-order valence-corrected chi connectivity index (χ1v) is 10.4. The van der Waals surface area contributed by atoms with Gasteiger partial charge in [-0.05, 0) is 49.6 Å². The summed E-state index contributed by atoms with van der Waals surface area (Å²) in [7, 11) is 1.69. The first kappa shape index (κ1) is 19.4. The third-order valence-electron chi connectivity index (χ3n) is 5.69. The number of rotatable bonds is 3. The molecule has 0 saturated carbocycles. The highest BCUT2D eigenvalue weighted by Crippen LogP contribution is 2.39. The summed E-state index contributed by atoms with van der Waals surface area (Å²) in [4.78, 5) is 14.8. The molecule has 2 aliphatic heterocycles. The predicted octanol–water partition coefficient (Wildman–Crippen LogP) is 4.14. The van der Waals surface area contributed by atoms with E-state index in [2.05, 4.69) is 0 Å². The van der Waals surface area contributed by atoms with Crippen molar-refractivity contribution in [1.29, 1.82) is 0 Å². The molecule has 2 aromatic rings. The van der Waals surface area contributed by atoms with Gasteiger partial charge in [-0.15, -0.1) is 0 Å². The minimum absolute atomic E-state index is 0.0161. The van der Waals surface area contributed by atoms with E-state index in [1.165, 1.54) is 16.7 Å². The molecule has 1 fully saturated rings. The summed E-state index contributed by atoms with van der Waals surface area (Å²) < 4.78 is 20.8. The van der Waals surface area contributed by atoms with Gasteiger partial charge in [0.2, 0.25) is 5.91 Å². The zero-order chi connectivity index (χ0) is 19.8. The molecule has 3 atom stereocenters.